The van der Waals surface area contributed by atoms with Crippen LogP contribution in [0.25, 0.3) is 0 Å². The second-order valence-electron chi connectivity index (χ2n) is 5.05. The summed E-state index contributed by atoms with van der Waals surface area (Å²) in [6.07, 6.45) is 2.41. The maximum Gasteiger partial charge on any atom is 0.142 e. The molecule has 0 aromatic heterocycles. The van der Waals surface area contributed by atoms with Crippen molar-refractivity contribution in [3.8, 4) is 11.5 Å². The molecule has 0 spiro atoms. The van der Waals surface area contributed by atoms with Crippen LogP contribution in [0.5, 0.6) is 11.5 Å². The van der Waals surface area contributed by atoms with E-state index in [1.165, 1.54) is 25.0 Å². The SMILES string of the molecule is Fc1ccc(Oc2cccc(Cl)c2CNC2CC2)cc1Cl. The van der Waals surface area contributed by atoms with Gasteiger partial charge in [-0.3, -0.25) is 0 Å². The van der Waals surface area contributed by atoms with Gasteiger partial charge in [0.25, 0.3) is 0 Å². The first-order valence-electron chi connectivity index (χ1n) is 6.77. The number of hydrogen-bond donors (Lipinski definition) is 1. The van der Waals surface area contributed by atoms with Crippen molar-refractivity contribution in [2.24, 2.45) is 0 Å². The average molecular weight is 326 g/mol. The Bertz CT molecular complexity index is 659. The van der Waals surface area contributed by atoms with Crippen LogP contribution in [0.3, 0.4) is 0 Å². The van der Waals surface area contributed by atoms with Crippen LogP contribution in [0.4, 0.5) is 4.39 Å². The third kappa shape index (κ3) is 3.67. The Balaban J connectivity index is 1.82. The van der Waals surface area contributed by atoms with Gasteiger partial charge in [0.1, 0.15) is 17.3 Å². The molecule has 0 amide bonds. The largest absolute Gasteiger partial charge is 0.457 e. The zero-order chi connectivity index (χ0) is 14.8. The first-order valence-corrected chi connectivity index (χ1v) is 7.53. The molecule has 5 heteroatoms. The molecular formula is C16H14Cl2FNO. The smallest absolute Gasteiger partial charge is 0.142 e. The zero-order valence-electron chi connectivity index (χ0n) is 11.2. The fourth-order valence-corrected chi connectivity index (χ4v) is 2.41. The van der Waals surface area contributed by atoms with Gasteiger partial charge < -0.3 is 10.1 Å². The lowest BCUT2D eigenvalue weighted by molar-refractivity contribution is 0.471. The molecule has 1 saturated carbocycles. The highest BCUT2D eigenvalue weighted by molar-refractivity contribution is 6.31. The van der Waals surface area contributed by atoms with Gasteiger partial charge in [-0.25, -0.2) is 4.39 Å². The highest BCUT2D eigenvalue weighted by atomic mass is 35.5. The number of halogens is 3. The Morgan fingerprint density at radius 2 is 1.95 bits per heavy atom. The van der Waals surface area contributed by atoms with Crippen molar-refractivity contribution >= 4 is 23.2 Å². The van der Waals surface area contributed by atoms with E-state index in [0.717, 1.165) is 5.56 Å². The van der Waals surface area contributed by atoms with Crippen molar-refractivity contribution in [2.45, 2.75) is 25.4 Å². The number of benzene rings is 2. The monoisotopic (exact) mass is 325 g/mol. The van der Waals surface area contributed by atoms with Crippen LogP contribution in [-0.4, -0.2) is 6.04 Å². The van der Waals surface area contributed by atoms with Crippen molar-refractivity contribution in [3.05, 3.63) is 57.8 Å². The van der Waals surface area contributed by atoms with Crippen LogP contribution in [0.1, 0.15) is 18.4 Å². The Labute approximate surface area is 132 Å². The number of rotatable bonds is 5. The highest BCUT2D eigenvalue weighted by Gasteiger charge is 2.21. The van der Waals surface area contributed by atoms with E-state index in [4.69, 9.17) is 27.9 Å². The summed E-state index contributed by atoms with van der Waals surface area (Å²) in [5.41, 5.74) is 0.895. The van der Waals surface area contributed by atoms with E-state index in [9.17, 15) is 4.39 Å². The molecule has 1 fully saturated rings. The van der Waals surface area contributed by atoms with E-state index < -0.39 is 5.82 Å². The molecule has 0 radical (unpaired) electrons. The van der Waals surface area contributed by atoms with Gasteiger partial charge in [0.05, 0.1) is 5.02 Å². The molecule has 1 aliphatic carbocycles. The van der Waals surface area contributed by atoms with Crippen LogP contribution < -0.4 is 10.1 Å². The van der Waals surface area contributed by atoms with Crippen molar-refractivity contribution in [1.82, 2.24) is 5.32 Å². The summed E-state index contributed by atoms with van der Waals surface area (Å²) in [4.78, 5) is 0. The number of nitrogens with one attached hydrogen (secondary N) is 1. The van der Waals surface area contributed by atoms with Gasteiger partial charge in [0, 0.05) is 29.2 Å². The molecule has 21 heavy (non-hydrogen) atoms. The minimum absolute atomic E-state index is 0.0344. The lowest BCUT2D eigenvalue weighted by Crippen LogP contribution is -2.16. The predicted molar refractivity (Wildman–Crippen MR) is 82.8 cm³/mol. The first-order chi connectivity index (χ1) is 10.1. The van der Waals surface area contributed by atoms with E-state index >= 15 is 0 Å². The van der Waals surface area contributed by atoms with Crippen molar-refractivity contribution < 1.29 is 9.13 Å². The quantitative estimate of drug-likeness (QED) is 0.818. The molecule has 0 unspecified atom stereocenters. The second-order valence-corrected chi connectivity index (χ2v) is 5.86. The number of ether oxygens (including phenoxy) is 1. The van der Waals surface area contributed by atoms with E-state index in [-0.39, 0.29) is 5.02 Å². The topological polar surface area (TPSA) is 21.3 Å². The average Bonchev–Trinajstić information content (AvgIpc) is 3.26. The maximum absolute atomic E-state index is 13.2. The minimum Gasteiger partial charge on any atom is -0.457 e. The fraction of sp³-hybridized carbons (Fsp3) is 0.250. The maximum atomic E-state index is 13.2. The van der Waals surface area contributed by atoms with Crippen LogP contribution in [0.15, 0.2) is 36.4 Å². The molecule has 2 nitrogen and oxygen atoms in total. The van der Waals surface area contributed by atoms with Gasteiger partial charge in [-0.15, -0.1) is 0 Å². The van der Waals surface area contributed by atoms with Gasteiger partial charge >= 0.3 is 0 Å². The molecule has 2 aromatic carbocycles. The lowest BCUT2D eigenvalue weighted by atomic mass is 10.2. The second kappa shape index (κ2) is 6.22. The summed E-state index contributed by atoms with van der Waals surface area (Å²) < 4.78 is 19.0. The third-order valence-electron chi connectivity index (χ3n) is 3.34. The summed E-state index contributed by atoms with van der Waals surface area (Å²) in [6.45, 7) is 0.647. The molecule has 0 heterocycles. The fourth-order valence-electron chi connectivity index (χ4n) is 2.01. The number of hydrogen-bond acceptors (Lipinski definition) is 2. The molecule has 110 valence electrons. The summed E-state index contributed by atoms with van der Waals surface area (Å²) in [5.74, 6) is 0.667. The predicted octanol–water partition coefficient (Wildman–Crippen LogP) is 5.18. The Morgan fingerprint density at radius 3 is 2.67 bits per heavy atom. The minimum atomic E-state index is -0.467. The van der Waals surface area contributed by atoms with E-state index in [0.29, 0.717) is 29.1 Å². The molecular weight excluding hydrogens is 312 g/mol. The van der Waals surface area contributed by atoms with Crippen LogP contribution in [-0.2, 0) is 6.54 Å². The molecule has 0 bridgehead atoms. The van der Waals surface area contributed by atoms with Gasteiger partial charge in [-0.1, -0.05) is 29.3 Å². The van der Waals surface area contributed by atoms with Gasteiger partial charge in [-0.2, -0.15) is 0 Å². The molecule has 0 aliphatic heterocycles. The van der Waals surface area contributed by atoms with Crippen LogP contribution in [0.2, 0.25) is 10.0 Å². The standard InChI is InChI=1S/C16H14Cl2FNO/c17-13-2-1-3-16(12(13)9-20-10-4-5-10)21-11-6-7-15(19)14(18)8-11/h1-3,6-8,10,20H,4-5,9H2. The Kier molecular flexibility index (Phi) is 4.34. The highest BCUT2D eigenvalue weighted by Crippen LogP contribution is 2.32. The van der Waals surface area contributed by atoms with E-state index in [1.54, 1.807) is 6.07 Å². The molecule has 2 aromatic rings. The van der Waals surface area contributed by atoms with E-state index in [2.05, 4.69) is 5.32 Å². The van der Waals surface area contributed by atoms with Crippen LogP contribution >= 0.6 is 23.2 Å². The summed E-state index contributed by atoms with van der Waals surface area (Å²) in [6, 6.07) is 10.3. The van der Waals surface area contributed by atoms with Crippen molar-refractivity contribution in [2.75, 3.05) is 0 Å². The van der Waals surface area contributed by atoms with Crippen molar-refractivity contribution in [3.63, 3.8) is 0 Å². The summed E-state index contributed by atoms with van der Waals surface area (Å²) in [7, 11) is 0. The molecule has 0 saturated heterocycles. The molecule has 0 atom stereocenters. The molecule has 1 N–H and O–H groups in total. The van der Waals surface area contributed by atoms with Crippen LogP contribution in [0, 0.1) is 5.82 Å². The van der Waals surface area contributed by atoms with Gasteiger partial charge in [0.15, 0.2) is 0 Å². The van der Waals surface area contributed by atoms with Gasteiger partial charge in [-0.05, 0) is 37.1 Å². The summed E-state index contributed by atoms with van der Waals surface area (Å²) >= 11 is 12.0. The van der Waals surface area contributed by atoms with E-state index in [1.807, 2.05) is 18.2 Å². The Morgan fingerprint density at radius 1 is 1.14 bits per heavy atom. The first kappa shape index (κ1) is 14.6. The molecule has 1 aliphatic rings. The lowest BCUT2D eigenvalue weighted by Gasteiger charge is -2.13. The zero-order valence-corrected chi connectivity index (χ0v) is 12.7. The normalized spacial score (nSPS) is 14.2. The third-order valence-corrected chi connectivity index (χ3v) is 3.98. The Hall–Kier alpha value is -1.29. The van der Waals surface area contributed by atoms with Gasteiger partial charge in [0.2, 0.25) is 0 Å². The van der Waals surface area contributed by atoms with Crippen molar-refractivity contribution in [1.29, 1.82) is 0 Å². The molecule has 3 rings (SSSR count). The summed E-state index contributed by atoms with van der Waals surface area (Å²) in [5, 5.41) is 4.09.